The molecule has 1 unspecified atom stereocenters. The Bertz CT molecular complexity index is 389. The van der Waals surface area contributed by atoms with Gasteiger partial charge < -0.3 is 0 Å². The van der Waals surface area contributed by atoms with E-state index < -0.39 is 0 Å². The highest BCUT2D eigenvalue weighted by molar-refractivity contribution is 9.09. The van der Waals surface area contributed by atoms with Crippen LogP contribution in [0.3, 0.4) is 0 Å². The molecule has 0 saturated carbocycles. The van der Waals surface area contributed by atoms with Gasteiger partial charge in [0.05, 0.1) is 0 Å². The third kappa shape index (κ3) is 3.85. The summed E-state index contributed by atoms with van der Waals surface area (Å²) in [5.74, 6) is 0. The van der Waals surface area contributed by atoms with Crippen molar-refractivity contribution in [2.45, 2.75) is 27.2 Å². The van der Waals surface area contributed by atoms with Crippen molar-refractivity contribution in [2.75, 3.05) is 5.33 Å². The number of hydrogen-bond donors (Lipinski definition) is 0. The summed E-state index contributed by atoms with van der Waals surface area (Å²) in [5.41, 5.74) is 2.94. The predicted octanol–water partition coefficient (Wildman–Crippen LogP) is 5.46. The Morgan fingerprint density at radius 2 is 1.82 bits per heavy atom. The molecule has 0 nitrogen and oxygen atoms in total. The molecular weight excluding hydrogens is 272 g/mol. The molecule has 0 aromatic heterocycles. The van der Waals surface area contributed by atoms with Gasteiger partial charge in [-0.3, -0.25) is 0 Å². The van der Waals surface area contributed by atoms with E-state index in [4.69, 9.17) is 0 Å². The molecule has 0 bridgehead atoms. The fourth-order valence-electron chi connectivity index (χ4n) is 1.71. The van der Waals surface area contributed by atoms with E-state index in [1.54, 1.807) is 0 Å². The molecule has 0 N–H and O–H groups in total. The summed E-state index contributed by atoms with van der Waals surface area (Å²) in [7, 11) is 0. The first-order valence-corrected chi connectivity index (χ1v) is 7.36. The van der Waals surface area contributed by atoms with E-state index in [0.717, 1.165) is 11.8 Å². The summed E-state index contributed by atoms with van der Waals surface area (Å²) < 4.78 is 0. The molecule has 0 aliphatic heterocycles. The smallest absolute Gasteiger partial charge is 0.0123 e. The first-order valence-electron chi connectivity index (χ1n) is 6.24. The molecule has 1 aromatic rings. The molecule has 1 aliphatic rings. The van der Waals surface area contributed by atoms with Gasteiger partial charge in [0.2, 0.25) is 0 Å². The van der Waals surface area contributed by atoms with Crippen LogP contribution in [0, 0.1) is 5.41 Å². The molecule has 0 heterocycles. The van der Waals surface area contributed by atoms with Crippen LogP contribution in [0.4, 0.5) is 0 Å². The van der Waals surface area contributed by atoms with Crippen LogP contribution in [-0.2, 0) is 0 Å². The maximum Gasteiger partial charge on any atom is 0.0123 e. The van der Waals surface area contributed by atoms with Crippen LogP contribution >= 0.6 is 15.9 Å². The second kappa shape index (κ2) is 6.80. The Kier molecular flexibility index (Phi) is 5.70. The van der Waals surface area contributed by atoms with Crippen molar-refractivity contribution in [1.29, 1.82) is 0 Å². The van der Waals surface area contributed by atoms with Crippen molar-refractivity contribution in [2.24, 2.45) is 5.41 Å². The lowest BCUT2D eigenvalue weighted by Gasteiger charge is -2.25. The van der Waals surface area contributed by atoms with Gasteiger partial charge in [-0.15, -0.1) is 0 Å². The molecule has 92 valence electrons. The molecule has 2 rings (SSSR count). The van der Waals surface area contributed by atoms with E-state index in [2.05, 4.69) is 71.4 Å². The van der Waals surface area contributed by atoms with Gasteiger partial charge in [-0.25, -0.2) is 0 Å². The number of hydrogen-bond acceptors (Lipinski definition) is 0. The topological polar surface area (TPSA) is 0 Å². The van der Waals surface area contributed by atoms with Crippen LogP contribution in [0.2, 0.25) is 0 Å². The Morgan fingerprint density at radius 1 is 1.18 bits per heavy atom. The fraction of sp³-hybridized carbons (Fsp3) is 0.375. The average molecular weight is 293 g/mol. The summed E-state index contributed by atoms with van der Waals surface area (Å²) in [6, 6.07) is 10.5. The minimum absolute atomic E-state index is 0.290. The summed E-state index contributed by atoms with van der Waals surface area (Å²) in [6.07, 6.45) is 7.99. The van der Waals surface area contributed by atoms with E-state index in [1.807, 2.05) is 13.8 Å². The number of halogens is 1. The third-order valence-electron chi connectivity index (χ3n) is 2.87. The number of alkyl halides is 1. The molecule has 0 radical (unpaired) electrons. The standard InChI is InChI=1S/C14H15Br.C2H6/c1-14(11-15)9-7-13(8-10-14)12-5-3-2-4-6-12;1-2/h2-9H,10-11H2,1H3;1-2H3. The van der Waals surface area contributed by atoms with Crippen LogP contribution in [-0.4, -0.2) is 5.33 Å². The lowest BCUT2D eigenvalue weighted by Crippen LogP contribution is -2.15. The van der Waals surface area contributed by atoms with Crippen LogP contribution in [0.15, 0.2) is 48.6 Å². The van der Waals surface area contributed by atoms with E-state index in [0.29, 0.717) is 0 Å². The van der Waals surface area contributed by atoms with Crippen molar-refractivity contribution in [3.05, 3.63) is 54.1 Å². The van der Waals surface area contributed by atoms with E-state index >= 15 is 0 Å². The largest absolute Gasteiger partial charge is 0.0919 e. The average Bonchev–Trinajstić information content (AvgIpc) is 2.43. The Hall–Kier alpha value is -0.820. The minimum atomic E-state index is 0.290. The molecule has 0 saturated heterocycles. The molecule has 1 aromatic carbocycles. The van der Waals surface area contributed by atoms with Crippen molar-refractivity contribution >= 4 is 21.5 Å². The number of allylic oxidation sites excluding steroid dienone is 4. The zero-order valence-electron chi connectivity index (χ0n) is 10.9. The lowest BCUT2D eigenvalue weighted by molar-refractivity contribution is 0.500. The molecule has 1 atom stereocenters. The highest BCUT2D eigenvalue weighted by Crippen LogP contribution is 2.33. The van der Waals surface area contributed by atoms with Gasteiger partial charge in [-0.05, 0) is 23.0 Å². The maximum absolute atomic E-state index is 3.56. The highest BCUT2D eigenvalue weighted by Gasteiger charge is 2.20. The first kappa shape index (κ1) is 14.2. The SMILES string of the molecule is CC.CC1(CBr)C=CC(c2ccccc2)=CC1. The molecule has 0 amide bonds. The van der Waals surface area contributed by atoms with E-state index in [1.165, 1.54) is 11.1 Å². The molecule has 1 heteroatoms. The van der Waals surface area contributed by atoms with Crippen molar-refractivity contribution in [1.82, 2.24) is 0 Å². The number of rotatable bonds is 2. The normalized spacial score (nSPS) is 22.5. The second-order valence-electron chi connectivity index (χ2n) is 4.35. The van der Waals surface area contributed by atoms with Gasteiger partial charge in [-0.2, -0.15) is 0 Å². The molecular formula is C16H21Br. The van der Waals surface area contributed by atoms with Gasteiger partial charge >= 0.3 is 0 Å². The van der Waals surface area contributed by atoms with Gasteiger partial charge in [0.15, 0.2) is 0 Å². The van der Waals surface area contributed by atoms with Crippen molar-refractivity contribution in [3.8, 4) is 0 Å². The Morgan fingerprint density at radius 3 is 2.29 bits per heavy atom. The second-order valence-corrected chi connectivity index (χ2v) is 4.91. The van der Waals surface area contributed by atoms with E-state index in [9.17, 15) is 0 Å². The van der Waals surface area contributed by atoms with Crippen LogP contribution in [0.1, 0.15) is 32.8 Å². The fourth-order valence-corrected chi connectivity index (χ4v) is 2.13. The first-order chi connectivity index (χ1) is 8.23. The Balaban J connectivity index is 0.000000686. The van der Waals surface area contributed by atoms with Gasteiger partial charge in [0, 0.05) is 5.33 Å². The van der Waals surface area contributed by atoms with Crippen molar-refractivity contribution < 1.29 is 0 Å². The minimum Gasteiger partial charge on any atom is -0.0919 e. The summed E-state index contributed by atoms with van der Waals surface area (Å²) in [5, 5.41) is 1.02. The monoisotopic (exact) mass is 292 g/mol. The summed E-state index contributed by atoms with van der Waals surface area (Å²) in [6.45, 7) is 6.27. The van der Waals surface area contributed by atoms with Crippen LogP contribution in [0.25, 0.3) is 5.57 Å². The molecule has 17 heavy (non-hydrogen) atoms. The lowest BCUT2D eigenvalue weighted by atomic mass is 9.83. The van der Waals surface area contributed by atoms with Crippen molar-refractivity contribution in [3.63, 3.8) is 0 Å². The maximum atomic E-state index is 3.56. The molecule has 1 aliphatic carbocycles. The van der Waals surface area contributed by atoms with Gasteiger partial charge in [0.25, 0.3) is 0 Å². The molecule has 0 spiro atoms. The predicted molar refractivity (Wildman–Crippen MR) is 81.4 cm³/mol. The zero-order valence-corrected chi connectivity index (χ0v) is 12.5. The van der Waals surface area contributed by atoms with Crippen LogP contribution in [0.5, 0.6) is 0 Å². The van der Waals surface area contributed by atoms with Crippen LogP contribution < -0.4 is 0 Å². The zero-order chi connectivity index (χ0) is 12.7. The molecule has 0 fully saturated rings. The quantitative estimate of drug-likeness (QED) is 0.635. The van der Waals surface area contributed by atoms with Gasteiger partial charge in [0.1, 0.15) is 0 Å². The summed E-state index contributed by atoms with van der Waals surface area (Å²) in [4.78, 5) is 0. The van der Waals surface area contributed by atoms with Gasteiger partial charge in [-0.1, -0.05) is 85.3 Å². The summed E-state index contributed by atoms with van der Waals surface area (Å²) >= 11 is 3.56. The van der Waals surface area contributed by atoms with E-state index in [-0.39, 0.29) is 5.41 Å². The Labute approximate surface area is 114 Å². The number of benzene rings is 1. The highest BCUT2D eigenvalue weighted by atomic mass is 79.9. The third-order valence-corrected chi connectivity index (χ3v) is 4.15.